The third-order valence-electron chi connectivity index (χ3n) is 2.90. The van der Waals surface area contributed by atoms with E-state index in [2.05, 4.69) is 11.4 Å². The van der Waals surface area contributed by atoms with Crippen molar-refractivity contribution in [2.45, 2.75) is 12.5 Å². The molecule has 2 unspecified atom stereocenters. The first-order chi connectivity index (χ1) is 7.70. The van der Waals surface area contributed by atoms with Crippen LogP contribution in [-0.4, -0.2) is 17.6 Å². The maximum atomic E-state index is 10.8. The molecule has 0 amide bonds. The first kappa shape index (κ1) is 10.7. The maximum absolute atomic E-state index is 10.8. The lowest BCUT2D eigenvalue weighted by Crippen LogP contribution is -2.17. The van der Waals surface area contributed by atoms with Gasteiger partial charge in [-0.1, -0.05) is 12.1 Å². The summed E-state index contributed by atoms with van der Waals surface area (Å²) < 4.78 is 0. The Morgan fingerprint density at radius 1 is 1.56 bits per heavy atom. The van der Waals surface area contributed by atoms with Gasteiger partial charge in [0.05, 0.1) is 17.6 Å². The van der Waals surface area contributed by atoms with Crippen molar-refractivity contribution in [2.75, 3.05) is 6.54 Å². The van der Waals surface area contributed by atoms with Crippen LogP contribution in [0, 0.1) is 17.2 Å². The molecule has 16 heavy (non-hydrogen) atoms. The van der Waals surface area contributed by atoms with Crippen molar-refractivity contribution in [2.24, 2.45) is 5.92 Å². The van der Waals surface area contributed by atoms with Crippen molar-refractivity contribution in [3.05, 3.63) is 35.4 Å². The van der Waals surface area contributed by atoms with E-state index in [9.17, 15) is 4.79 Å². The minimum atomic E-state index is -0.758. The molecule has 4 nitrogen and oxygen atoms in total. The lowest BCUT2D eigenvalue weighted by atomic mass is 9.99. The van der Waals surface area contributed by atoms with E-state index in [0.717, 1.165) is 5.56 Å². The Labute approximate surface area is 93.5 Å². The fourth-order valence-corrected chi connectivity index (χ4v) is 2.00. The lowest BCUT2D eigenvalue weighted by Gasteiger charge is -2.10. The van der Waals surface area contributed by atoms with E-state index in [0.29, 0.717) is 18.5 Å². The molecular formula is C12H12N2O2. The minimum Gasteiger partial charge on any atom is -0.481 e. The highest BCUT2D eigenvalue weighted by Gasteiger charge is 2.29. The normalized spacial score (nSPS) is 23.9. The van der Waals surface area contributed by atoms with Crippen molar-refractivity contribution in [3.8, 4) is 6.07 Å². The van der Waals surface area contributed by atoms with E-state index in [4.69, 9.17) is 10.4 Å². The number of nitriles is 1. The molecule has 1 aromatic rings. The molecule has 0 saturated carbocycles. The topological polar surface area (TPSA) is 73.1 Å². The Morgan fingerprint density at radius 3 is 3.00 bits per heavy atom. The number of nitrogens with one attached hydrogen (secondary N) is 1. The molecule has 82 valence electrons. The summed E-state index contributed by atoms with van der Waals surface area (Å²) in [5.41, 5.74) is 1.60. The molecule has 0 bridgehead atoms. The largest absolute Gasteiger partial charge is 0.481 e. The molecule has 2 atom stereocenters. The van der Waals surface area contributed by atoms with Gasteiger partial charge in [-0.2, -0.15) is 5.26 Å². The predicted octanol–water partition coefficient (Wildman–Crippen LogP) is 1.29. The van der Waals surface area contributed by atoms with Crippen molar-refractivity contribution >= 4 is 5.97 Å². The third-order valence-corrected chi connectivity index (χ3v) is 2.90. The predicted molar refractivity (Wildman–Crippen MR) is 57.6 cm³/mol. The molecule has 4 heteroatoms. The van der Waals surface area contributed by atoms with E-state index in [-0.39, 0.29) is 12.0 Å². The van der Waals surface area contributed by atoms with Crippen LogP contribution < -0.4 is 5.32 Å². The van der Waals surface area contributed by atoms with E-state index < -0.39 is 5.97 Å². The zero-order chi connectivity index (χ0) is 11.5. The molecule has 1 fully saturated rings. The van der Waals surface area contributed by atoms with Crippen molar-refractivity contribution in [1.82, 2.24) is 5.32 Å². The Kier molecular flexibility index (Phi) is 2.88. The first-order valence-electron chi connectivity index (χ1n) is 5.17. The van der Waals surface area contributed by atoms with Gasteiger partial charge in [-0.25, -0.2) is 0 Å². The maximum Gasteiger partial charge on any atom is 0.307 e. The van der Waals surface area contributed by atoms with Gasteiger partial charge in [0.2, 0.25) is 0 Å². The summed E-state index contributed by atoms with van der Waals surface area (Å²) in [4.78, 5) is 10.8. The number of carboxylic acid groups (broad SMARTS) is 1. The summed E-state index contributed by atoms with van der Waals surface area (Å²) in [5, 5.41) is 20.8. The Bertz CT molecular complexity index is 451. The highest BCUT2D eigenvalue weighted by atomic mass is 16.4. The minimum absolute atomic E-state index is 0.0504. The highest BCUT2D eigenvalue weighted by molar-refractivity contribution is 5.70. The van der Waals surface area contributed by atoms with Crippen LogP contribution >= 0.6 is 0 Å². The molecule has 0 aliphatic carbocycles. The number of aliphatic carboxylic acids is 1. The van der Waals surface area contributed by atoms with Crippen molar-refractivity contribution in [3.63, 3.8) is 0 Å². The molecule has 1 aliphatic rings. The number of carboxylic acids is 1. The van der Waals surface area contributed by atoms with E-state index in [1.54, 1.807) is 6.07 Å². The van der Waals surface area contributed by atoms with Gasteiger partial charge in [-0.3, -0.25) is 4.79 Å². The molecule has 1 aromatic carbocycles. The summed E-state index contributed by atoms with van der Waals surface area (Å²) in [5.74, 6) is -1.08. The summed E-state index contributed by atoms with van der Waals surface area (Å²) >= 11 is 0. The standard InChI is InChI=1S/C12H12N2O2/c13-6-8-2-1-3-9(4-8)11-5-10(7-14-11)12(15)16/h1-4,10-11,14H,5,7H2,(H,15,16). The fraction of sp³-hybridized carbons (Fsp3) is 0.333. The van der Waals surface area contributed by atoms with E-state index >= 15 is 0 Å². The molecule has 0 aromatic heterocycles. The average molecular weight is 216 g/mol. The zero-order valence-corrected chi connectivity index (χ0v) is 8.68. The molecule has 1 heterocycles. The number of hydrogen-bond donors (Lipinski definition) is 2. The van der Waals surface area contributed by atoms with Gasteiger partial charge < -0.3 is 10.4 Å². The van der Waals surface area contributed by atoms with Crippen LogP contribution in [0.2, 0.25) is 0 Å². The summed E-state index contributed by atoms with van der Waals surface area (Å²) in [7, 11) is 0. The molecular weight excluding hydrogens is 204 g/mol. The van der Waals surface area contributed by atoms with Crippen LogP contribution in [0.25, 0.3) is 0 Å². The Morgan fingerprint density at radius 2 is 2.38 bits per heavy atom. The second-order valence-corrected chi connectivity index (χ2v) is 3.97. The third kappa shape index (κ3) is 2.05. The van der Waals surface area contributed by atoms with Gasteiger partial charge in [-0.15, -0.1) is 0 Å². The molecule has 1 saturated heterocycles. The van der Waals surface area contributed by atoms with Crippen LogP contribution in [0.15, 0.2) is 24.3 Å². The van der Waals surface area contributed by atoms with Gasteiger partial charge in [0, 0.05) is 12.6 Å². The number of carbonyl (C=O) groups is 1. The highest BCUT2D eigenvalue weighted by Crippen LogP contribution is 2.27. The quantitative estimate of drug-likeness (QED) is 0.781. The second kappa shape index (κ2) is 4.33. The van der Waals surface area contributed by atoms with Gasteiger partial charge in [0.15, 0.2) is 0 Å². The molecule has 2 rings (SSSR count). The monoisotopic (exact) mass is 216 g/mol. The average Bonchev–Trinajstić information content (AvgIpc) is 2.78. The smallest absolute Gasteiger partial charge is 0.307 e. The van der Waals surface area contributed by atoms with Gasteiger partial charge >= 0.3 is 5.97 Å². The lowest BCUT2D eigenvalue weighted by molar-refractivity contribution is -0.141. The summed E-state index contributed by atoms with van der Waals surface area (Å²) in [6.45, 7) is 0.497. The zero-order valence-electron chi connectivity index (χ0n) is 8.68. The number of hydrogen-bond acceptors (Lipinski definition) is 3. The molecule has 1 aliphatic heterocycles. The first-order valence-corrected chi connectivity index (χ1v) is 5.17. The van der Waals surface area contributed by atoms with Crippen LogP contribution in [0.1, 0.15) is 23.6 Å². The molecule has 0 radical (unpaired) electrons. The van der Waals surface area contributed by atoms with Gasteiger partial charge in [0.1, 0.15) is 0 Å². The van der Waals surface area contributed by atoms with Crippen molar-refractivity contribution in [1.29, 1.82) is 5.26 Å². The van der Waals surface area contributed by atoms with Crippen molar-refractivity contribution < 1.29 is 9.90 Å². The van der Waals surface area contributed by atoms with Gasteiger partial charge in [0.25, 0.3) is 0 Å². The van der Waals surface area contributed by atoms with Crippen LogP contribution in [0.4, 0.5) is 0 Å². The molecule has 0 spiro atoms. The van der Waals surface area contributed by atoms with E-state index in [1.807, 2.05) is 18.2 Å². The van der Waals surface area contributed by atoms with Crippen LogP contribution in [0.5, 0.6) is 0 Å². The fourth-order valence-electron chi connectivity index (χ4n) is 2.00. The summed E-state index contributed by atoms with van der Waals surface area (Å²) in [6, 6.07) is 9.42. The molecule has 2 N–H and O–H groups in total. The number of benzene rings is 1. The number of nitrogens with zero attached hydrogens (tertiary/aromatic N) is 1. The second-order valence-electron chi connectivity index (χ2n) is 3.97. The van der Waals surface area contributed by atoms with E-state index in [1.165, 1.54) is 0 Å². The van der Waals surface area contributed by atoms with Gasteiger partial charge in [-0.05, 0) is 24.1 Å². The Hall–Kier alpha value is -1.86. The van der Waals surface area contributed by atoms with Crippen LogP contribution in [0.3, 0.4) is 0 Å². The van der Waals surface area contributed by atoms with Crippen LogP contribution in [-0.2, 0) is 4.79 Å². The SMILES string of the molecule is N#Cc1cccc(C2CC(C(=O)O)CN2)c1. The Balaban J connectivity index is 2.14. The number of rotatable bonds is 2. The summed E-state index contributed by atoms with van der Waals surface area (Å²) in [6.07, 6.45) is 0.588.